The van der Waals surface area contributed by atoms with Crippen molar-refractivity contribution in [3.63, 3.8) is 0 Å². The van der Waals surface area contributed by atoms with Gasteiger partial charge in [-0.05, 0) is 174 Å². The van der Waals surface area contributed by atoms with Gasteiger partial charge in [0.2, 0.25) is 0 Å². The van der Waals surface area contributed by atoms with Gasteiger partial charge in [0, 0.05) is 0 Å². The lowest BCUT2D eigenvalue weighted by Gasteiger charge is -2.22. The van der Waals surface area contributed by atoms with Crippen molar-refractivity contribution in [2.24, 2.45) is 17.8 Å². The molecular weight excluding hydrogens is 973 g/mol. The predicted octanol–water partition coefficient (Wildman–Crippen LogP) is 25.0. The molecule has 0 spiro atoms. The van der Waals surface area contributed by atoms with Gasteiger partial charge in [0.1, 0.15) is 0 Å². The summed E-state index contributed by atoms with van der Waals surface area (Å²) in [6.45, 7) is 36.3. The summed E-state index contributed by atoms with van der Waals surface area (Å²) in [7, 11) is 0. The van der Waals surface area contributed by atoms with E-state index in [2.05, 4.69) is 295 Å². The van der Waals surface area contributed by atoms with E-state index in [4.69, 9.17) is 0 Å². The van der Waals surface area contributed by atoms with E-state index >= 15 is 0 Å². The molecule has 0 bridgehead atoms. The lowest BCUT2D eigenvalue weighted by molar-refractivity contribution is 0.322. The summed E-state index contributed by atoms with van der Waals surface area (Å²) >= 11 is 0. The van der Waals surface area contributed by atoms with Crippen molar-refractivity contribution < 1.29 is 0 Å². The van der Waals surface area contributed by atoms with Gasteiger partial charge in [0.25, 0.3) is 0 Å². The minimum absolute atomic E-state index is 0.322. The van der Waals surface area contributed by atoms with Crippen LogP contribution in [0.1, 0.15) is 161 Å². The first-order valence-corrected chi connectivity index (χ1v) is 30.7. The first-order valence-electron chi connectivity index (χ1n) is 30.7. The molecule has 9 rings (SSSR count). The normalized spacial score (nSPS) is 13.4. The van der Waals surface area contributed by atoms with E-state index in [9.17, 15) is 0 Å². The van der Waals surface area contributed by atoms with Gasteiger partial charge in [-0.15, -0.1) is 0 Å². The molecular formula is C81H102. The SMILES string of the molecule is C/C=C\C=C/C(C)C(C)C(C)C/C=C\C=C/C(C)c1cc(-c2cc(C3=CC=C(C)C=CC3)cc(-c3ccccc3)c2)ccc1C.CC.CC.CC.CCC.Cc1ccc(-c2cccc3c2Cc2ccccc2-3)cc1.Cc1ccccc1. The molecule has 0 fully saturated rings. The third-order valence-corrected chi connectivity index (χ3v) is 14.5. The van der Waals surface area contributed by atoms with Crippen LogP contribution in [0.25, 0.3) is 50.1 Å². The Hall–Kier alpha value is -7.28. The molecule has 0 heteroatoms. The fourth-order valence-electron chi connectivity index (χ4n) is 9.69. The molecule has 0 saturated carbocycles. The average molecular weight is 1080 g/mol. The van der Waals surface area contributed by atoms with E-state index in [1.807, 2.05) is 59.7 Å². The number of hydrogen-bond acceptors (Lipinski definition) is 0. The van der Waals surface area contributed by atoms with E-state index in [1.54, 1.807) is 0 Å². The topological polar surface area (TPSA) is 0 Å². The molecule has 4 unspecified atom stereocenters. The van der Waals surface area contributed by atoms with Crippen molar-refractivity contribution in [1.29, 1.82) is 0 Å². The van der Waals surface area contributed by atoms with Gasteiger partial charge in [0.05, 0.1) is 0 Å². The second-order valence-electron chi connectivity index (χ2n) is 20.8. The van der Waals surface area contributed by atoms with Crippen LogP contribution in [0.4, 0.5) is 0 Å². The largest absolute Gasteiger partial charge is 0.0877 e. The summed E-state index contributed by atoms with van der Waals surface area (Å²) in [6, 6.07) is 59.3. The maximum atomic E-state index is 2.40. The number of rotatable bonds is 13. The first kappa shape index (κ1) is 68.0. The third kappa shape index (κ3) is 22.0. The minimum atomic E-state index is 0.322. The standard InChI is InChI=1S/C45H52.C20H16.C7H8.C3H8.3C2H6/c1-8-9-12-19-34(3)38(7)35(4)20-13-10-14-21-36(5)45-32-41(28-26-37(45)6)44-30-42(39-22-15-11-16-23-39)29-43(31-44)40-24-17-18-33(2)25-27-40;1-14-9-11-15(12-10-14)17-7-4-8-19-18-6-3-2-5-16(18)13-20(17)19;1-7-5-3-2-4-6-7;1-3-2;3*1-2/h8-19,21-23,25-32,34-36,38H,20,24H2,1-7H3;2-12H,13H2,1H3;2-6H,1H3;3H2,1-2H3;3*1-2H3/b9-8-,13-10-,19-12-,21-14-;;;;;;. The molecule has 0 N–H and O–H groups in total. The molecule has 7 aromatic rings. The van der Waals surface area contributed by atoms with E-state index in [-0.39, 0.29) is 0 Å². The molecule has 0 radical (unpaired) electrons. The summed E-state index contributed by atoms with van der Waals surface area (Å²) in [5.74, 6) is 2.17. The zero-order chi connectivity index (χ0) is 59.5. The summed E-state index contributed by atoms with van der Waals surface area (Å²) in [4.78, 5) is 0. The minimum Gasteiger partial charge on any atom is -0.0877 e. The second-order valence-corrected chi connectivity index (χ2v) is 20.8. The van der Waals surface area contributed by atoms with Crippen molar-refractivity contribution >= 4 is 5.57 Å². The second kappa shape index (κ2) is 38.4. The highest BCUT2D eigenvalue weighted by Crippen LogP contribution is 2.42. The maximum Gasteiger partial charge on any atom is -0.000448 e. The van der Waals surface area contributed by atoms with Crippen molar-refractivity contribution in [2.75, 3.05) is 0 Å². The van der Waals surface area contributed by atoms with E-state index in [0.29, 0.717) is 23.7 Å². The molecule has 0 aromatic heterocycles. The van der Waals surface area contributed by atoms with Crippen LogP contribution >= 0.6 is 0 Å². The van der Waals surface area contributed by atoms with Crippen molar-refractivity contribution in [3.05, 3.63) is 281 Å². The van der Waals surface area contributed by atoms with Gasteiger partial charge >= 0.3 is 0 Å². The zero-order valence-corrected chi connectivity index (χ0v) is 53.2. The highest BCUT2D eigenvalue weighted by molar-refractivity contribution is 5.85. The van der Waals surface area contributed by atoms with Gasteiger partial charge in [-0.2, -0.15) is 0 Å². The Labute approximate surface area is 495 Å². The Morgan fingerprint density at radius 2 is 1.04 bits per heavy atom. The Kier molecular flexibility index (Phi) is 32.2. The molecule has 81 heavy (non-hydrogen) atoms. The summed E-state index contributed by atoms with van der Waals surface area (Å²) < 4.78 is 0. The Balaban J connectivity index is 0.000000388. The van der Waals surface area contributed by atoms with Gasteiger partial charge in [0.15, 0.2) is 0 Å². The lowest BCUT2D eigenvalue weighted by atomic mass is 9.83. The molecule has 0 heterocycles. The van der Waals surface area contributed by atoms with E-state index < -0.39 is 0 Å². The van der Waals surface area contributed by atoms with Crippen LogP contribution < -0.4 is 0 Å². The summed E-state index contributed by atoms with van der Waals surface area (Å²) in [5, 5.41) is 0. The van der Waals surface area contributed by atoms with Crippen LogP contribution in [-0.2, 0) is 6.42 Å². The summed E-state index contributed by atoms with van der Waals surface area (Å²) in [5.41, 5.74) is 22.7. The number of fused-ring (bicyclic) bond motifs is 3. The molecule has 0 aliphatic heterocycles. The first-order chi connectivity index (χ1) is 39.4. The smallest absolute Gasteiger partial charge is 0.000448 e. The van der Waals surface area contributed by atoms with Crippen LogP contribution in [0.3, 0.4) is 0 Å². The maximum absolute atomic E-state index is 2.40. The van der Waals surface area contributed by atoms with E-state index in [0.717, 1.165) is 19.3 Å². The lowest BCUT2D eigenvalue weighted by Crippen LogP contribution is -2.14. The fraction of sp³-hybridized carbons (Fsp3) is 0.309. The van der Waals surface area contributed by atoms with Crippen molar-refractivity contribution in [2.45, 2.75) is 149 Å². The molecule has 426 valence electrons. The van der Waals surface area contributed by atoms with Crippen LogP contribution in [0.15, 0.2) is 242 Å². The zero-order valence-electron chi connectivity index (χ0n) is 53.2. The number of hydrogen-bond donors (Lipinski definition) is 0. The molecule has 4 atom stereocenters. The third-order valence-electron chi connectivity index (χ3n) is 14.5. The Morgan fingerprint density at radius 3 is 1.68 bits per heavy atom. The quantitative estimate of drug-likeness (QED) is 0.101. The Bertz CT molecular complexity index is 3090. The van der Waals surface area contributed by atoms with Crippen molar-refractivity contribution in [3.8, 4) is 44.5 Å². The van der Waals surface area contributed by atoms with Gasteiger partial charge in [-0.1, -0.05) is 325 Å². The molecule has 0 saturated heterocycles. The monoisotopic (exact) mass is 1070 g/mol. The fourth-order valence-corrected chi connectivity index (χ4v) is 9.69. The number of allylic oxidation sites excluding steroid dienone is 14. The van der Waals surface area contributed by atoms with E-state index in [1.165, 1.54) is 101 Å². The van der Waals surface area contributed by atoms with Gasteiger partial charge < -0.3 is 0 Å². The van der Waals surface area contributed by atoms with Crippen LogP contribution in [0.5, 0.6) is 0 Å². The molecule has 2 aliphatic rings. The number of benzene rings is 7. The van der Waals surface area contributed by atoms with Crippen LogP contribution in [-0.4, -0.2) is 0 Å². The molecule has 0 amide bonds. The molecule has 2 aliphatic carbocycles. The Morgan fingerprint density at radius 1 is 0.481 bits per heavy atom. The van der Waals surface area contributed by atoms with Crippen molar-refractivity contribution in [1.82, 2.24) is 0 Å². The highest BCUT2D eigenvalue weighted by Gasteiger charge is 2.21. The van der Waals surface area contributed by atoms with Crippen LogP contribution in [0, 0.1) is 38.5 Å². The predicted molar refractivity (Wildman–Crippen MR) is 366 cm³/mol. The summed E-state index contributed by atoms with van der Waals surface area (Å²) in [6.07, 6.45) is 31.2. The van der Waals surface area contributed by atoms with Gasteiger partial charge in [-0.3, -0.25) is 0 Å². The number of aryl methyl sites for hydroxylation is 3. The molecule has 0 nitrogen and oxygen atoms in total. The van der Waals surface area contributed by atoms with Crippen LogP contribution in [0.2, 0.25) is 0 Å². The average Bonchev–Trinajstić information content (AvgIpc) is 3.83. The van der Waals surface area contributed by atoms with Gasteiger partial charge in [-0.25, -0.2) is 0 Å². The molecule has 7 aromatic carbocycles. The highest BCUT2D eigenvalue weighted by atomic mass is 14.2.